The molecule has 1 aromatic carbocycles. The molecule has 2 aliphatic heterocycles. The molecule has 2 atom stereocenters. The summed E-state index contributed by atoms with van der Waals surface area (Å²) >= 11 is 1.24. The molecular formula is C18H20N2O6S2. The van der Waals surface area contributed by atoms with E-state index in [1.165, 1.54) is 18.7 Å². The van der Waals surface area contributed by atoms with Gasteiger partial charge < -0.3 is 10.0 Å². The fourth-order valence-electron chi connectivity index (χ4n) is 3.29. The van der Waals surface area contributed by atoms with E-state index in [2.05, 4.69) is 4.99 Å². The van der Waals surface area contributed by atoms with Crippen molar-refractivity contribution in [3.63, 3.8) is 0 Å². The summed E-state index contributed by atoms with van der Waals surface area (Å²) in [6.45, 7) is 1.45. The molecule has 28 heavy (non-hydrogen) atoms. The molecule has 2 saturated heterocycles. The molecule has 0 radical (unpaired) electrons. The summed E-state index contributed by atoms with van der Waals surface area (Å²) in [7, 11) is -3.18. The minimum atomic E-state index is -3.18. The van der Waals surface area contributed by atoms with Crippen LogP contribution in [-0.2, 0) is 19.4 Å². The zero-order chi connectivity index (χ0) is 20.5. The molecule has 0 saturated carbocycles. The first-order chi connectivity index (χ1) is 13.2. The third-order valence-corrected chi connectivity index (χ3v) is 7.81. The predicted molar refractivity (Wildman–Crippen MR) is 107 cm³/mol. The molecule has 1 N–H and O–H groups in total. The second-order valence-electron chi connectivity index (χ2n) is 6.81. The first kappa shape index (κ1) is 20.5. The summed E-state index contributed by atoms with van der Waals surface area (Å²) in [5, 5.41) is 8.84. The minimum Gasteiger partial charge on any atom is -0.481 e. The second-order valence-corrected chi connectivity index (χ2v) is 10.2. The lowest BCUT2D eigenvalue weighted by atomic mass is 10.1. The highest BCUT2D eigenvalue weighted by Crippen LogP contribution is 2.41. The van der Waals surface area contributed by atoms with E-state index in [-0.39, 0.29) is 47.8 Å². The standard InChI is InChI=1S/C18H20N2O6S2/c1-11(21)12-4-2-5-13(8-12)20-14-9-28(25,26)10-15(14)27-18(20)19-16(22)6-3-7-17(23)24/h2,4-5,8,14-15H,3,6-7,9-10H2,1H3,(H,23,24)/t14-,15+/m1/s1. The number of carboxylic acids is 1. The average molecular weight is 425 g/mol. The number of rotatable bonds is 6. The number of thioether (sulfide) groups is 1. The molecule has 3 rings (SSSR count). The molecule has 0 bridgehead atoms. The Morgan fingerprint density at radius 3 is 2.68 bits per heavy atom. The Bertz CT molecular complexity index is 957. The number of fused-ring (bicyclic) bond motifs is 1. The first-order valence-electron chi connectivity index (χ1n) is 8.77. The number of hydrogen-bond acceptors (Lipinski definition) is 6. The molecule has 0 spiro atoms. The predicted octanol–water partition coefficient (Wildman–Crippen LogP) is 1.75. The fraction of sp³-hybridized carbons (Fsp3) is 0.444. The first-order valence-corrected chi connectivity index (χ1v) is 11.5. The molecule has 2 fully saturated rings. The third kappa shape index (κ3) is 4.61. The lowest BCUT2D eigenvalue weighted by molar-refractivity contribution is -0.137. The zero-order valence-corrected chi connectivity index (χ0v) is 16.8. The molecule has 10 heteroatoms. The highest BCUT2D eigenvalue weighted by molar-refractivity contribution is 8.16. The molecule has 1 amide bonds. The van der Waals surface area contributed by atoms with Crippen LogP contribution in [0.2, 0.25) is 0 Å². The van der Waals surface area contributed by atoms with Crippen molar-refractivity contribution in [2.75, 3.05) is 16.4 Å². The van der Waals surface area contributed by atoms with Crippen molar-refractivity contribution in [1.82, 2.24) is 0 Å². The maximum atomic E-state index is 12.2. The number of carbonyl (C=O) groups excluding carboxylic acids is 2. The van der Waals surface area contributed by atoms with Gasteiger partial charge in [0.1, 0.15) is 0 Å². The minimum absolute atomic E-state index is 0.00528. The van der Waals surface area contributed by atoms with Crippen LogP contribution in [-0.4, -0.2) is 59.1 Å². The number of nitrogens with zero attached hydrogens (tertiary/aromatic N) is 2. The average Bonchev–Trinajstić information content (AvgIpc) is 3.05. The van der Waals surface area contributed by atoms with Gasteiger partial charge in [-0.1, -0.05) is 23.9 Å². The number of aliphatic carboxylic acids is 1. The fourth-order valence-corrected chi connectivity index (χ4v) is 7.23. The van der Waals surface area contributed by atoms with E-state index in [0.29, 0.717) is 16.4 Å². The molecule has 2 heterocycles. The number of amides is 1. The van der Waals surface area contributed by atoms with Crippen LogP contribution in [0.3, 0.4) is 0 Å². The maximum Gasteiger partial charge on any atom is 0.303 e. The Hall–Kier alpha value is -2.20. The number of carbonyl (C=O) groups is 3. The highest BCUT2D eigenvalue weighted by Gasteiger charge is 2.49. The molecule has 0 aromatic heterocycles. The van der Waals surface area contributed by atoms with Crippen molar-refractivity contribution in [1.29, 1.82) is 0 Å². The Labute approximate surface area is 166 Å². The zero-order valence-electron chi connectivity index (χ0n) is 15.2. The van der Waals surface area contributed by atoms with Crippen molar-refractivity contribution in [3.05, 3.63) is 29.8 Å². The molecule has 8 nitrogen and oxygen atoms in total. The van der Waals surface area contributed by atoms with Gasteiger partial charge in [-0.05, 0) is 25.5 Å². The van der Waals surface area contributed by atoms with E-state index < -0.39 is 21.7 Å². The number of anilines is 1. The second kappa shape index (κ2) is 8.04. The Morgan fingerprint density at radius 1 is 1.25 bits per heavy atom. The lowest BCUT2D eigenvalue weighted by Gasteiger charge is -2.24. The number of carboxylic acid groups (broad SMARTS) is 1. The largest absolute Gasteiger partial charge is 0.481 e. The van der Waals surface area contributed by atoms with E-state index >= 15 is 0 Å². The van der Waals surface area contributed by atoms with Crippen molar-refractivity contribution in [3.8, 4) is 0 Å². The van der Waals surface area contributed by atoms with Gasteiger partial charge in [0.2, 0.25) is 5.91 Å². The van der Waals surface area contributed by atoms with Crippen LogP contribution in [0.25, 0.3) is 0 Å². The van der Waals surface area contributed by atoms with Crippen LogP contribution in [0.4, 0.5) is 5.69 Å². The van der Waals surface area contributed by atoms with Crippen LogP contribution in [0, 0.1) is 0 Å². The highest BCUT2D eigenvalue weighted by atomic mass is 32.2. The van der Waals surface area contributed by atoms with Gasteiger partial charge in [0.15, 0.2) is 20.8 Å². The van der Waals surface area contributed by atoms with Gasteiger partial charge in [-0.3, -0.25) is 14.4 Å². The van der Waals surface area contributed by atoms with E-state index in [1.54, 1.807) is 29.2 Å². The van der Waals surface area contributed by atoms with E-state index in [0.717, 1.165) is 0 Å². The Kier molecular flexibility index (Phi) is 5.90. The van der Waals surface area contributed by atoms with Gasteiger partial charge in [0.05, 0.1) is 17.5 Å². The normalized spacial score (nSPS) is 24.3. The lowest BCUT2D eigenvalue weighted by Crippen LogP contribution is -2.37. The van der Waals surface area contributed by atoms with Crippen molar-refractivity contribution in [2.45, 2.75) is 37.5 Å². The number of aliphatic imine (C=N–C) groups is 1. The quantitative estimate of drug-likeness (QED) is 0.686. The van der Waals surface area contributed by atoms with Crippen molar-refractivity contribution in [2.24, 2.45) is 4.99 Å². The van der Waals surface area contributed by atoms with Gasteiger partial charge in [0.25, 0.3) is 0 Å². The Morgan fingerprint density at radius 2 is 2.00 bits per heavy atom. The van der Waals surface area contributed by atoms with Crippen LogP contribution in [0.15, 0.2) is 29.3 Å². The van der Waals surface area contributed by atoms with Crippen molar-refractivity contribution >= 4 is 50.1 Å². The molecule has 150 valence electrons. The van der Waals surface area contributed by atoms with Crippen LogP contribution < -0.4 is 4.90 Å². The van der Waals surface area contributed by atoms with E-state index in [9.17, 15) is 22.8 Å². The Balaban J connectivity index is 1.90. The van der Waals surface area contributed by atoms with Gasteiger partial charge in [-0.25, -0.2) is 8.42 Å². The smallest absolute Gasteiger partial charge is 0.303 e. The van der Waals surface area contributed by atoms with E-state index in [1.807, 2.05) is 0 Å². The molecule has 0 aliphatic carbocycles. The van der Waals surface area contributed by atoms with Crippen LogP contribution in [0.1, 0.15) is 36.5 Å². The molecule has 0 unspecified atom stereocenters. The SMILES string of the molecule is CC(=O)c1cccc(N2C(=NC(=O)CCCC(=O)O)S[C@H]3CS(=O)(=O)C[C@H]32)c1. The maximum absolute atomic E-state index is 12.2. The molecule has 2 aliphatic rings. The molecule has 1 aromatic rings. The summed E-state index contributed by atoms with van der Waals surface area (Å²) in [6, 6.07) is 6.44. The monoisotopic (exact) mass is 424 g/mol. The number of amidine groups is 1. The summed E-state index contributed by atoms with van der Waals surface area (Å²) < 4.78 is 24.1. The van der Waals surface area contributed by atoms with Crippen LogP contribution in [0.5, 0.6) is 0 Å². The van der Waals surface area contributed by atoms with Gasteiger partial charge >= 0.3 is 5.97 Å². The third-order valence-electron chi connectivity index (χ3n) is 4.60. The van der Waals surface area contributed by atoms with E-state index in [4.69, 9.17) is 5.11 Å². The number of Topliss-reactive ketones (excluding diaryl/α,β-unsaturated/α-hetero) is 1. The number of ketones is 1. The van der Waals surface area contributed by atoms with Crippen LogP contribution >= 0.6 is 11.8 Å². The summed E-state index contributed by atoms with van der Waals surface area (Å²) in [4.78, 5) is 40.4. The summed E-state index contributed by atoms with van der Waals surface area (Å²) in [5.74, 6) is -1.57. The number of hydrogen-bond donors (Lipinski definition) is 1. The summed E-state index contributed by atoms with van der Waals surface area (Å²) in [6.07, 6.45) is 0.0829. The van der Waals surface area contributed by atoms with Gasteiger partial charge in [-0.15, -0.1) is 0 Å². The van der Waals surface area contributed by atoms with Crippen molar-refractivity contribution < 1.29 is 27.9 Å². The number of sulfone groups is 1. The summed E-state index contributed by atoms with van der Waals surface area (Å²) in [5.41, 5.74) is 1.10. The number of benzene rings is 1. The topological polar surface area (TPSA) is 121 Å². The van der Waals surface area contributed by atoms with Gasteiger partial charge in [-0.2, -0.15) is 4.99 Å². The molecular weight excluding hydrogens is 404 g/mol. The van der Waals surface area contributed by atoms with Gasteiger partial charge in [0, 0.05) is 29.3 Å².